The summed E-state index contributed by atoms with van der Waals surface area (Å²) in [7, 11) is 5.17. The molecule has 0 aromatic heterocycles. The monoisotopic (exact) mass is 190 g/mol. The molecule has 0 bridgehead atoms. The predicted molar refractivity (Wildman–Crippen MR) is 49.4 cm³/mol. The summed E-state index contributed by atoms with van der Waals surface area (Å²) in [5, 5.41) is 11.1. The van der Waals surface area contributed by atoms with Gasteiger partial charge in [0.1, 0.15) is 6.04 Å². The number of nitrogens with zero attached hydrogens (tertiary/aromatic N) is 1. The van der Waals surface area contributed by atoms with Crippen molar-refractivity contribution in [2.45, 2.75) is 6.04 Å². The van der Waals surface area contributed by atoms with Crippen LogP contribution in [0.3, 0.4) is 0 Å². The van der Waals surface area contributed by atoms with Gasteiger partial charge in [0.2, 0.25) is 5.91 Å². The molecule has 1 amide bonds. The van der Waals surface area contributed by atoms with E-state index in [0.29, 0.717) is 6.61 Å². The molecule has 0 aromatic carbocycles. The van der Waals surface area contributed by atoms with Gasteiger partial charge in [-0.25, -0.2) is 0 Å². The van der Waals surface area contributed by atoms with Gasteiger partial charge >= 0.3 is 0 Å². The van der Waals surface area contributed by atoms with Crippen molar-refractivity contribution in [2.24, 2.45) is 0 Å². The van der Waals surface area contributed by atoms with Crippen molar-refractivity contribution >= 4 is 5.91 Å². The summed E-state index contributed by atoms with van der Waals surface area (Å²) >= 11 is 0. The average molecular weight is 190 g/mol. The van der Waals surface area contributed by atoms with Gasteiger partial charge in [0.05, 0.1) is 13.2 Å². The highest BCUT2D eigenvalue weighted by molar-refractivity contribution is 5.81. The first-order valence-electron chi connectivity index (χ1n) is 4.17. The molecule has 5 nitrogen and oxygen atoms in total. The molecule has 0 aliphatic carbocycles. The van der Waals surface area contributed by atoms with Crippen LogP contribution in [-0.2, 0) is 9.53 Å². The van der Waals surface area contributed by atoms with Crippen LogP contribution in [0.15, 0.2) is 0 Å². The van der Waals surface area contributed by atoms with Crippen LogP contribution in [0.2, 0.25) is 0 Å². The van der Waals surface area contributed by atoms with E-state index in [4.69, 9.17) is 9.84 Å². The molecule has 0 rings (SSSR count). The number of nitrogens with one attached hydrogen (secondary N) is 1. The largest absolute Gasteiger partial charge is 0.395 e. The van der Waals surface area contributed by atoms with Gasteiger partial charge in [0, 0.05) is 13.7 Å². The molecule has 5 heteroatoms. The summed E-state index contributed by atoms with van der Waals surface area (Å²) in [6, 6.07) is -0.295. The van der Waals surface area contributed by atoms with Crippen molar-refractivity contribution in [3.05, 3.63) is 0 Å². The maximum Gasteiger partial charge on any atom is 0.239 e. The Morgan fingerprint density at radius 3 is 2.62 bits per heavy atom. The van der Waals surface area contributed by atoms with Crippen LogP contribution in [0.25, 0.3) is 0 Å². The fraction of sp³-hybridized carbons (Fsp3) is 0.875. The molecule has 0 aliphatic rings. The summed E-state index contributed by atoms with van der Waals surface area (Å²) in [6.07, 6.45) is 0. The van der Waals surface area contributed by atoms with Crippen LogP contribution in [-0.4, -0.2) is 62.9 Å². The number of methoxy groups -OCH3 is 1. The van der Waals surface area contributed by atoms with Crippen molar-refractivity contribution in [2.75, 3.05) is 41.0 Å². The van der Waals surface area contributed by atoms with Crippen LogP contribution >= 0.6 is 0 Å². The van der Waals surface area contributed by atoms with E-state index in [1.54, 1.807) is 12.0 Å². The third-order valence-corrected chi connectivity index (χ3v) is 1.66. The molecular formula is C8H18N2O3. The zero-order chi connectivity index (χ0) is 10.3. The van der Waals surface area contributed by atoms with Crippen LogP contribution in [0.1, 0.15) is 0 Å². The second kappa shape index (κ2) is 6.82. The second-order valence-corrected chi connectivity index (χ2v) is 2.95. The van der Waals surface area contributed by atoms with Gasteiger partial charge in [-0.05, 0) is 14.1 Å². The minimum Gasteiger partial charge on any atom is -0.395 e. The number of amides is 1. The molecule has 0 heterocycles. The van der Waals surface area contributed by atoms with E-state index in [9.17, 15) is 4.79 Å². The van der Waals surface area contributed by atoms with Crippen LogP contribution < -0.4 is 5.32 Å². The number of rotatable bonds is 6. The summed E-state index contributed by atoms with van der Waals surface area (Å²) in [5.41, 5.74) is 0. The summed E-state index contributed by atoms with van der Waals surface area (Å²) < 4.78 is 4.90. The molecule has 1 unspecified atom stereocenters. The number of carbonyl (C=O) groups is 1. The number of ether oxygens (including phenoxy) is 1. The van der Waals surface area contributed by atoms with E-state index in [-0.39, 0.29) is 25.1 Å². The molecule has 0 fully saturated rings. The van der Waals surface area contributed by atoms with Crippen LogP contribution in [0, 0.1) is 0 Å². The van der Waals surface area contributed by atoms with E-state index in [0.717, 1.165) is 0 Å². The number of aliphatic hydroxyl groups is 1. The Morgan fingerprint density at radius 1 is 1.62 bits per heavy atom. The van der Waals surface area contributed by atoms with Crippen molar-refractivity contribution in [1.82, 2.24) is 10.2 Å². The highest BCUT2D eigenvalue weighted by Crippen LogP contribution is 1.93. The van der Waals surface area contributed by atoms with Crippen molar-refractivity contribution in [3.63, 3.8) is 0 Å². The Labute approximate surface area is 78.7 Å². The summed E-state index contributed by atoms with van der Waals surface area (Å²) in [5.74, 6) is -0.124. The molecule has 0 spiro atoms. The zero-order valence-electron chi connectivity index (χ0n) is 8.41. The molecule has 0 radical (unpaired) electrons. The van der Waals surface area contributed by atoms with Gasteiger partial charge in [0.25, 0.3) is 0 Å². The Hall–Kier alpha value is -0.650. The quantitative estimate of drug-likeness (QED) is 0.545. The van der Waals surface area contributed by atoms with Gasteiger partial charge < -0.3 is 15.2 Å². The topological polar surface area (TPSA) is 61.8 Å². The van der Waals surface area contributed by atoms with Crippen molar-refractivity contribution < 1.29 is 14.6 Å². The van der Waals surface area contributed by atoms with E-state index in [1.807, 2.05) is 14.1 Å². The number of likely N-dealkylation sites (N-methyl/N-ethyl adjacent to an activating group) is 1. The molecular weight excluding hydrogens is 172 g/mol. The molecule has 0 saturated carbocycles. The Bertz CT molecular complexity index is 150. The number of hydrogen-bond donors (Lipinski definition) is 2. The average Bonchev–Trinajstić information content (AvgIpc) is 2.09. The number of carbonyl (C=O) groups excluding carboxylic acids is 1. The lowest BCUT2D eigenvalue weighted by Crippen LogP contribution is -2.46. The zero-order valence-corrected chi connectivity index (χ0v) is 8.41. The number of aliphatic hydroxyl groups excluding tert-OH is 1. The molecule has 0 saturated heterocycles. The number of hydrogen-bond acceptors (Lipinski definition) is 4. The first-order chi connectivity index (χ1) is 6.13. The standard InChI is InChI=1S/C8H18N2O3/c1-10(2)7(6-13-3)8(12)9-4-5-11/h7,11H,4-6H2,1-3H3,(H,9,12). The fourth-order valence-corrected chi connectivity index (χ4v) is 0.914. The van der Waals surface area contributed by atoms with Crippen LogP contribution in [0.5, 0.6) is 0 Å². The third kappa shape index (κ3) is 4.82. The van der Waals surface area contributed by atoms with Gasteiger partial charge in [-0.2, -0.15) is 0 Å². The fourth-order valence-electron chi connectivity index (χ4n) is 0.914. The first-order valence-corrected chi connectivity index (χ1v) is 4.17. The summed E-state index contributed by atoms with van der Waals surface area (Å²) in [6.45, 7) is 0.593. The van der Waals surface area contributed by atoms with E-state index in [2.05, 4.69) is 5.32 Å². The highest BCUT2D eigenvalue weighted by atomic mass is 16.5. The Balaban J connectivity index is 3.96. The lowest BCUT2D eigenvalue weighted by Gasteiger charge is -2.22. The minimum atomic E-state index is -0.295. The minimum absolute atomic E-state index is 0.0428. The molecule has 2 N–H and O–H groups in total. The molecule has 78 valence electrons. The van der Waals surface area contributed by atoms with Crippen molar-refractivity contribution in [3.8, 4) is 0 Å². The van der Waals surface area contributed by atoms with E-state index < -0.39 is 0 Å². The second-order valence-electron chi connectivity index (χ2n) is 2.95. The van der Waals surface area contributed by atoms with E-state index >= 15 is 0 Å². The Kier molecular flexibility index (Phi) is 6.48. The van der Waals surface area contributed by atoms with Gasteiger partial charge in [-0.1, -0.05) is 0 Å². The van der Waals surface area contributed by atoms with Gasteiger partial charge in [-0.3, -0.25) is 9.69 Å². The smallest absolute Gasteiger partial charge is 0.239 e. The molecule has 1 atom stereocenters. The SMILES string of the molecule is COCC(C(=O)NCCO)N(C)C. The molecule has 0 aromatic rings. The van der Waals surface area contributed by atoms with Gasteiger partial charge in [0.15, 0.2) is 0 Å². The lowest BCUT2D eigenvalue weighted by molar-refractivity contribution is -0.127. The molecule has 13 heavy (non-hydrogen) atoms. The van der Waals surface area contributed by atoms with Crippen molar-refractivity contribution in [1.29, 1.82) is 0 Å². The van der Waals surface area contributed by atoms with E-state index in [1.165, 1.54) is 0 Å². The normalized spacial score (nSPS) is 13.0. The van der Waals surface area contributed by atoms with Gasteiger partial charge in [-0.15, -0.1) is 0 Å². The van der Waals surface area contributed by atoms with Crippen LogP contribution in [0.4, 0.5) is 0 Å². The highest BCUT2D eigenvalue weighted by Gasteiger charge is 2.19. The first kappa shape index (κ1) is 12.3. The summed E-state index contributed by atoms with van der Waals surface area (Å²) in [4.78, 5) is 13.2. The third-order valence-electron chi connectivity index (χ3n) is 1.66. The predicted octanol–water partition coefficient (Wildman–Crippen LogP) is -1.33. The molecule has 0 aliphatic heterocycles. The Morgan fingerprint density at radius 2 is 2.23 bits per heavy atom. The maximum absolute atomic E-state index is 11.4. The maximum atomic E-state index is 11.4. The lowest BCUT2D eigenvalue weighted by atomic mass is 10.2.